The number of nitrogens with one attached hydrogen (secondary N) is 2. The second-order valence-electron chi connectivity index (χ2n) is 7.87. The first-order valence-electron chi connectivity index (χ1n) is 10.4. The number of imide groups is 1. The summed E-state index contributed by atoms with van der Waals surface area (Å²) in [6, 6.07) is 10.7. The molecule has 11 heteroatoms. The zero-order chi connectivity index (χ0) is 23.5. The SMILES string of the molecule is C[C@@H](CC(=O)ON)N1C(=O)NC(Nc2ccc3c(c2)CCO3)N(Cc2ccc(Cl)cc2)C1=O. The zero-order valence-corrected chi connectivity index (χ0v) is 18.7. The molecule has 0 aromatic heterocycles. The Labute approximate surface area is 195 Å². The molecule has 1 fully saturated rings. The lowest BCUT2D eigenvalue weighted by Crippen LogP contribution is -2.68. The van der Waals surface area contributed by atoms with Crippen LogP contribution in [0.2, 0.25) is 5.02 Å². The van der Waals surface area contributed by atoms with Crippen LogP contribution in [0.3, 0.4) is 0 Å². The van der Waals surface area contributed by atoms with Crippen LogP contribution in [0.15, 0.2) is 42.5 Å². The van der Waals surface area contributed by atoms with Crippen molar-refractivity contribution < 1.29 is 24.0 Å². The van der Waals surface area contributed by atoms with E-state index in [0.29, 0.717) is 11.6 Å². The number of hydrogen-bond acceptors (Lipinski definition) is 7. The Morgan fingerprint density at radius 1 is 1.30 bits per heavy atom. The molecule has 2 aromatic rings. The molecule has 2 aliphatic heterocycles. The largest absolute Gasteiger partial charge is 0.493 e. The van der Waals surface area contributed by atoms with Crippen molar-refractivity contribution in [2.24, 2.45) is 5.90 Å². The summed E-state index contributed by atoms with van der Waals surface area (Å²) < 4.78 is 5.54. The molecule has 2 aromatic carbocycles. The summed E-state index contributed by atoms with van der Waals surface area (Å²) in [7, 11) is 0. The number of ether oxygens (including phenoxy) is 1. The number of amides is 4. The van der Waals surface area contributed by atoms with Gasteiger partial charge in [0.05, 0.1) is 25.6 Å². The van der Waals surface area contributed by atoms with Crippen LogP contribution < -0.4 is 21.3 Å². The number of urea groups is 2. The number of anilines is 1. The van der Waals surface area contributed by atoms with Gasteiger partial charge in [-0.1, -0.05) is 23.7 Å². The van der Waals surface area contributed by atoms with Gasteiger partial charge >= 0.3 is 18.0 Å². The van der Waals surface area contributed by atoms with Crippen LogP contribution in [-0.2, 0) is 22.6 Å². The van der Waals surface area contributed by atoms with E-state index in [1.165, 1.54) is 4.90 Å². The lowest BCUT2D eigenvalue weighted by molar-refractivity contribution is -0.145. The highest BCUT2D eigenvalue weighted by atomic mass is 35.5. The lowest BCUT2D eigenvalue weighted by Gasteiger charge is -2.43. The summed E-state index contributed by atoms with van der Waals surface area (Å²) >= 11 is 5.99. The second kappa shape index (κ2) is 9.55. The fourth-order valence-corrected chi connectivity index (χ4v) is 3.99. The van der Waals surface area contributed by atoms with Crippen molar-refractivity contribution >= 4 is 35.3 Å². The molecule has 2 atom stereocenters. The molecule has 0 saturated carbocycles. The van der Waals surface area contributed by atoms with Gasteiger partial charge in [0.15, 0.2) is 6.29 Å². The number of hydrogen-bond donors (Lipinski definition) is 3. The normalized spacial score (nSPS) is 18.3. The third-order valence-corrected chi connectivity index (χ3v) is 5.79. The van der Waals surface area contributed by atoms with Crippen molar-refractivity contribution in [3.05, 3.63) is 58.6 Å². The average molecular weight is 474 g/mol. The van der Waals surface area contributed by atoms with Crippen LogP contribution in [-0.4, -0.2) is 46.8 Å². The van der Waals surface area contributed by atoms with Gasteiger partial charge in [0.2, 0.25) is 0 Å². The van der Waals surface area contributed by atoms with Crippen LogP contribution in [0.5, 0.6) is 5.75 Å². The maximum Gasteiger partial charge on any atom is 0.331 e. The number of benzene rings is 2. The van der Waals surface area contributed by atoms with Gasteiger partial charge < -0.3 is 14.9 Å². The summed E-state index contributed by atoms with van der Waals surface area (Å²) in [5.41, 5.74) is 2.59. The predicted molar refractivity (Wildman–Crippen MR) is 120 cm³/mol. The molecule has 4 N–H and O–H groups in total. The van der Waals surface area contributed by atoms with Crippen molar-refractivity contribution in [2.45, 2.75) is 38.6 Å². The van der Waals surface area contributed by atoms with Crippen molar-refractivity contribution in [1.82, 2.24) is 15.1 Å². The quantitative estimate of drug-likeness (QED) is 0.528. The Balaban J connectivity index is 1.59. The molecule has 4 amide bonds. The van der Waals surface area contributed by atoms with E-state index < -0.39 is 30.4 Å². The Hall–Kier alpha value is -3.50. The molecule has 10 nitrogen and oxygen atoms in total. The number of carbonyl (C=O) groups is 3. The number of fused-ring (bicyclic) bond motifs is 1. The van der Waals surface area contributed by atoms with Crippen molar-refractivity contribution in [1.29, 1.82) is 0 Å². The Bertz CT molecular complexity index is 1060. The van der Waals surface area contributed by atoms with Crippen LogP contribution in [0.4, 0.5) is 15.3 Å². The van der Waals surface area contributed by atoms with E-state index >= 15 is 0 Å². The average Bonchev–Trinajstić information content (AvgIpc) is 3.25. The van der Waals surface area contributed by atoms with Gasteiger partial charge in [0.1, 0.15) is 5.75 Å². The predicted octanol–water partition coefficient (Wildman–Crippen LogP) is 2.81. The van der Waals surface area contributed by atoms with Crippen molar-refractivity contribution in [3.63, 3.8) is 0 Å². The molecule has 0 bridgehead atoms. The first-order valence-corrected chi connectivity index (χ1v) is 10.8. The van der Waals surface area contributed by atoms with Gasteiger partial charge in [0.25, 0.3) is 0 Å². The van der Waals surface area contributed by atoms with E-state index in [1.54, 1.807) is 31.2 Å². The molecule has 4 rings (SSSR count). The van der Waals surface area contributed by atoms with Gasteiger partial charge in [-0.2, -0.15) is 5.90 Å². The first kappa shape index (κ1) is 22.7. The monoisotopic (exact) mass is 473 g/mol. The van der Waals surface area contributed by atoms with Gasteiger partial charge in [-0.15, -0.1) is 0 Å². The minimum atomic E-state index is -0.828. The molecule has 2 aliphatic rings. The zero-order valence-electron chi connectivity index (χ0n) is 17.9. The molecule has 174 valence electrons. The summed E-state index contributed by atoms with van der Waals surface area (Å²) in [5, 5.41) is 6.60. The van der Waals surface area contributed by atoms with Crippen LogP contribution in [0, 0.1) is 0 Å². The minimum Gasteiger partial charge on any atom is -0.493 e. The van der Waals surface area contributed by atoms with Gasteiger partial charge in [-0.25, -0.2) is 14.5 Å². The summed E-state index contributed by atoms with van der Waals surface area (Å²) in [6.07, 6.45) is -0.267. The van der Waals surface area contributed by atoms with Crippen LogP contribution in [0.25, 0.3) is 0 Å². The molecule has 33 heavy (non-hydrogen) atoms. The van der Waals surface area contributed by atoms with E-state index in [4.69, 9.17) is 22.2 Å². The molecular formula is C22H24ClN5O5. The first-order chi connectivity index (χ1) is 15.9. The third kappa shape index (κ3) is 4.96. The van der Waals surface area contributed by atoms with E-state index in [9.17, 15) is 14.4 Å². The maximum atomic E-state index is 13.4. The van der Waals surface area contributed by atoms with Gasteiger partial charge in [-0.3, -0.25) is 15.0 Å². The number of nitrogens with two attached hydrogens (primary N) is 1. The fourth-order valence-electron chi connectivity index (χ4n) is 3.86. The molecule has 0 aliphatic carbocycles. The lowest BCUT2D eigenvalue weighted by atomic mass is 10.1. The smallest absolute Gasteiger partial charge is 0.331 e. The van der Waals surface area contributed by atoms with Crippen LogP contribution >= 0.6 is 11.6 Å². The Morgan fingerprint density at radius 2 is 2.06 bits per heavy atom. The van der Waals surface area contributed by atoms with E-state index in [2.05, 4.69) is 15.5 Å². The topological polar surface area (TPSA) is 126 Å². The Kier molecular flexibility index (Phi) is 6.57. The molecule has 0 radical (unpaired) electrons. The standard InChI is InChI=1S/C22H24ClN5O5/c1-13(10-19(29)33-24)28-21(30)26-20(25-17-6-7-18-15(11-17)8-9-32-18)27(22(28)31)12-14-2-4-16(23)5-3-14/h2-7,11,13,20,25H,8-10,12,24H2,1H3,(H,26,30)/t13-,20?/m0/s1. The van der Waals surface area contributed by atoms with E-state index in [1.807, 2.05) is 18.2 Å². The maximum absolute atomic E-state index is 13.4. The summed E-state index contributed by atoms with van der Waals surface area (Å²) in [4.78, 5) is 44.6. The third-order valence-electron chi connectivity index (χ3n) is 5.54. The minimum absolute atomic E-state index is 0.187. The van der Waals surface area contributed by atoms with E-state index in [0.717, 1.165) is 33.9 Å². The second-order valence-corrected chi connectivity index (χ2v) is 8.30. The number of carbonyl (C=O) groups excluding carboxylic acids is 3. The summed E-state index contributed by atoms with van der Waals surface area (Å²) in [5.74, 6) is 5.01. The highest BCUT2D eigenvalue weighted by Gasteiger charge is 2.41. The van der Waals surface area contributed by atoms with Crippen LogP contribution in [0.1, 0.15) is 24.5 Å². The number of nitrogens with zero attached hydrogens (tertiary/aromatic N) is 2. The fraction of sp³-hybridized carbons (Fsp3) is 0.318. The summed E-state index contributed by atoms with van der Waals surface area (Å²) in [6.45, 7) is 2.38. The molecule has 1 unspecified atom stereocenters. The van der Waals surface area contributed by atoms with Gasteiger partial charge in [-0.05, 0) is 48.4 Å². The highest BCUT2D eigenvalue weighted by molar-refractivity contribution is 6.30. The number of rotatable bonds is 7. The van der Waals surface area contributed by atoms with Gasteiger partial charge in [0, 0.05) is 17.1 Å². The van der Waals surface area contributed by atoms with E-state index in [-0.39, 0.29) is 13.0 Å². The molecule has 0 spiro atoms. The molecule has 1 saturated heterocycles. The number of halogens is 1. The van der Waals surface area contributed by atoms with Crippen molar-refractivity contribution in [3.8, 4) is 5.75 Å². The van der Waals surface area contributed by atoms with Crippen molar-refractivity contribution in [2.75, 3.05) is 11.9 Å². The molecule has 2 heterocycles. The Morgan fingerprint density at radius 3 is 2.79 bits per heavy atom. The molecular weight excluding hydrogens is 450 g/mol. The highest BCUT2D eigenvalue weighted by Crippen LogP contribution is 2.29.